The molecule has 0 saturated carbocycles. The highest BCUT2D eigenvalue weighted by Gasteiger charge is 2.50. The molecule has 2 atom stereocenters. The molecule has 45 heavy (non-hydrogen) atoms. The molecule has 3 nitrogen and oxygen atoms in total. The number of halogens is 6. The molecule has 0 aliphatic heterocycles. The van der Waals surface area contributed by atoms with Gasteiger partial charge in [-0.05, 0) is 82.8 Å². The molecule has 0 fully saturated rings. The molecule has 4 aromatic carbocycles. The molecule has 0 aromatic heterocycles. The summed E-state index contributed by atoms with van der Waals surface area (Å²) >= 11 is 0. The van der Waals surface area contributed by atoms with Crippen LogP contribution in [0, 0.1) is 0 Å². The van der Waals surface area contributed by atoms with Crippen molar-refractivity contribution in [3.8, 4) is 0 Å². The Morgan fingerprint density at radius 2 is 0.800 bits per heavy atom. The molecule has 0 aliphatic carbocycles. The maximum absolute atomic E-state index is 14.0. The van der Waals surface area contributed by atoms with E-state index in [1.165, 1.54) is 0 Å². The lowest BCUT2D eigenvalue weighted by Crippen LogP contribution is -2.64. The lowest BCUT2D eigenvalue weighted by molar-refractivity contribution is -0.131. The van der Waals surface area contributed by atoms with Gasteiger partial charge in [0.15, 0.2) is 0 Å². The van der Waals surface area contributed by atoms with Gasteiger partial charge in [0.25, 0.3) is 0 Å². The van der Waals surface area contributed by atoms with E-state index < -0.39 is 41.8 Å². The normalized spacial score (nSPS) is 14.9. The van der Waals surface area contributed by atoms with Crippen LogP contribution in [0.15, 0.2) is 109 Å². The summed E-state index contributed by atoms with van der Waals surface area (Å²) in [6, 6.07) is 31.9. The molecule has 0 amide bonds. The topological polar surface area (TPSA) is 61.3 Å². The molecule has 0 heterocycles. The highest BCUT2D eigenvalue weighted by molar-refractivity contribution is 6.99. The minimum atomic E-state index is -4.47. The third kappa shape index (κ3) is 10.2. The summed E-state index contributed by atoms with van der Waals surface area (Å²) in [7, 11) is -7.23. The number of hydrogen-bond donors (Lipinski definition) is 2. The van der Waals surface area contributed by atoms with Crippen molar-refractivity contribution in [2.24, 2.45) is 0 Å². The Balaban J connectivity index is 1.87. The Kier molecular flexibility index (Phi) is 11.2. The standard InChI is InChI=1S/C34H38F6N2OSi2/c35-33(36,37)21-25-44(31-7-3-1-4-8-31,23-19-27-11-15-29(41)16-12-27)43-45(26-22-34(38,39)40,32-9-5-2-6-10-32)24-20-28-13-17-30(42)18-14-28/h1-18H,19-26,41-42H2. The van der Waals surface area contributed by atoms with Gasteiger partial charge in [0.2, 0.25) is 16.6 Å². The zero-order valence-corrected chi connectivity index (χ0v) is 26.9. The number of benzene rings is 4. The summed E-state index contributed by atoms with van der Waals surface area (Å²) in [4.78, 5) is 0. The lowest BCUT2D eigenvalue weighted by atomic mass is 10.1. The molecule has 240 valence electrons. The van der Waals surface area contributed by atoms with Crippen molar-refractivity contribution >= 4 is 38.4 Å². The Hall–Kier alpha value is -3.55. The van der Waals surface area contributed by atoms with Crippen LogP contribution in [0.5, 0.6) is 0 Å². The van der Waals surface area contributed by atoms with Crippen molar-refractivity contribution in [1.82, 2.24) is 0 Å². The Morgan fingerprint density at radius 1 is 0.467 bits per heavy atom. The third-order valence-electron chi connectivity index (χ3n) is 8.21. The fourth-order valence-electron chi connectivity index (χ4n) is 5.76. The summed E-state index contributed by atoms with van der Waals surface area (Å²) in [5.74, 6) is 0. The molecule has 2 unspecified atom stereocenters. The molecule has 11 heteroatoms. The predicted molar refractivity (Wildman–Crippen MR) is 174 cm³/mol. The second-order valence-electron chi connectivity index (χ2n) is 11.5. The molecule has 4 aromatic rings. The largest absolute Gasteiger partial charge is 0.448 e. The highest BCUT2D eigenvalue weighted by atomic mass is 28.4. The minimum absolute atomic E-state index is 0.270. The molecule has 0 aliphatic rings. The van der Waals surface area contributed by atoms with Gasteiger partial charge in [0, 0.05) is 24.2 Å². The molecule has 0 bridgehead atoms. The van der Waals surface area contributed by atoms with Crippen LogP contribution in [-0.2, 0) is 17.0 Å². The van der Waals surface area contributed by atoms with Gasteiger partial charge in [-0.3, -0.25) is 0 Å². The van der Waals surface area contributed by atoms with E-state index in [-0.39, 0.29) is 24.2 Å². The van der Waals surface area contributed by atoms with Gasteiger partial charge in [0.1, 0.15) is 0 Å². The fourth-order valence-corrected chi connectivity index (χ4v) is 17.3. The van der Waals surface area contributed by atoms with E-state index in [1.54, 1.807) is 84.9 Å². The fraction of sp³-hybridized carbons (Fsp3) is 0.294. The van der Waals surface area contributed by atoms with Crippen LogP contribution in [0.25, 0.3) is 0 Å². The Labute approximate surface area is 262 Å². The smallest absolute Gasteiger partial charge is 0.388 e. The zero-order valence-electron chi connectivity index (χ0n) is 24.9. The average molecular weight is 661 g/mol. The van der Waals surface area contributed by atoms with E-state index in [2.05, 4.69) is 0 Å². The summed E-state index contributed by atoms with van der Waals surface area (Å²) in [6.07, 6.45) is -10.3. The van der Waals surface area contributed by atoms with E-state index in [9.17, 15) is 26.3 Å². The van der Waals surface area contributed by atoms with Crippen molar-refractivity contribution in [3.05, 3.63) is 120 Å². The number of aryl methyl sites for hydroxylation is 2. The maximum Gasteiger partial charge on any atom is 0.388 e. The highest BCUT2D eigenvalue weighted by Crippen LogP contribution is 2.37. The van der Waals surface area contributed by atoms with Gasteiger partial charge in [0.05, 0.1) is 0 Å². The number of nitrogen functional groups attached to an aromatic ring is 2. The Morgan fingerprint density at radius 3 is 1.11 bits per heavy atom. The first-order valence-electron chi connectivity index (χ1n) is 14.9. The van der Waals surface area contributed by atoms with Crippen molar-refractivity contribution < 1.29 is 30.5 Å². The maximum atomic E-state index is 14.0. The van der Waals surface area contributed by atoms with Crippen molar-refractivity contribution in [3.63, 3.8) is 0 Å². The van der Waals surface area contributed by atoms with Crippen LogP contribution in [0.3, 0.4) is 0 Å². The van der Waals surface area contributed by atoms with Crippen LogP contribution in [0.4, 0.5) is 37.7 Å². The number of rotatable bonds is 14. The van der Waals surface area contributed by atoms with Crippen LogP contribution >= 0.6 is 0 Å². The SMILES string of the molecule is Nc1ccc(CC[Si](CCC(F)(F)F)(O[Si](CCc2ccc(N)cc2)(CCC(F)(F)F)c2ccccc2)c2ccccc2)cc1. The van der Waals surface area contributed by atoms with Crippen LogP contribution in [-0.4, -0.2) is 29.0 Å². The van der Waals surface area contributed by atoms with Crippen LogP contribution in [0.1, 0.15) is 24.0 Å². The van der Waals surface area contributed by atoms with E-state index in [1.807, 2.05) is 24.3 Å². The number of nitrogens with two attached hydrogens (primary N) is 2. The summed E-state index contributed by atoms with van der Waals surface area (Å²) in [5, 5.41) is 1.30. The minimum Gasteiger partial charge on any atom is -0.448 e. The second kappa shape index (κ2) is 14.7. The van der Waals surface area contributed by atoms with Crippen LogP contribution < -0.4 is 21.8 Å². The molecule has 4 N–H and O–H groups in total. The first-order valence-corrected chi connectivity index (χ1v) is 19.6. The summed E-state index contributed by atoms with van der Waals surface area (Å²) in [6.45, 7) is 0. The Bertz CT molecular complexity index is 1360. The van der Waals surface area contributed by atoms with Gasteiger partial charge in [-0.2, -0.15) is 26.3 Å². The number of alkyl halides is 6. The van der Waals surface area contributed by atoms with Gasteiger partial charge < -0.3 is 15.6 Å². The number of anilines is 2. The quantitative estimate of drug-likeness (QED) is 0.0814. The van der Waals surface area contributed by atoms with E-state index in [0.717, 1.165) is 11.1 Å². The number of hydrogen-bond acceptors (Lipinski definition) is 3. The second-order valence-corrected chi connectivity index (χ2v) is 19.5. The average Bonchev–Trinajstić information content (AvgIpc) is 3.01. The molecular weight excluding hydrogens is 623 g/mol. The van der Waals surface area contributed by atoms with Gasteiger partial charge in [-0.25, -0.2) is 0 Å². The molecule has 0 radical (unpaired) electrons. The van der Waals surface area contributed by atoms with Crippen molar-refractivity contribution in [1.29, 1.82) is 0 Å². The summed E-state index contributed by atoms with van der Waals surface area (Å²) < 4.78 is 91.2. The van der Waals surface area contributed by atoms with Crippen LogP contribution in [0.2, 0.25) is 24.2 Å². The first kappa shape index (κ1) is 34.3. The van der Waals surface area contributed by atoms with Gasteiger partial charge in [-0.15, -0.1) is 0 Å². The van der Waals surface area contributed by atoms with E-state index in [4.69, 9.17) is 15.6 Å². The first-order chi connectivity index (χ1) is 21.3. The van der Waals surface area contributed by atoms with E-state index >= 15 is 0 Å². The summed E-state index contributed by atoms with van der Waals surface area (Å²) in [5.41, 5.74) is 14.6. The van der Waals surface area contributed by atoms with Crippen molar-refractivity contribution in [2.45, 2.75) is 62.2 Å². The zero-order chi connectivity index (χ0) is 32.6. The molecule has 0 saturated heterocycles. The predicted octanol–water partition coefficient (Wildman–Crippen LogP) is 8.26. The van der Waals surface area contributed by atoms with Gasteiger partial charge in [-0.1, -0.05) is 84.9 Å². The molecule has 0 spiro atoms. The molecule has 4 rings (SSSR count). The third-order valence-corrected chi connectivity index (χ3v) is 18.3. The van der Waals surface area contributed by atoms with Gasteiger partial charge >= 0.3 is 12.4 Å². The lowest BCUT2D eigenvalue weighted by Gasteiger charge is -2.44. The van der Waals surface area contributed by atoms with E-state index in [0.29, 0.717) is 34.6 Å². The molecular formula is C34H38F6N2OSi2. The monoisotopic (exact) mass is 660 g/mol. The van der Waals surface area contributed by atoms with Crippen molar-refractivity contribution in [2.75, 3.05) is 11.5 Å².